The number of ether oxygens (including phenoxy) is 1. The van der Waals surface area contributed by atoms with Crippen molar-refractivity contribution in [2.75, 3.05) is 6.61 Å². The van der Waals surface area contributed by atoms with Crippen molar-refractivity contribution >= 4 is 5.97 Å². The lowest BCUT2D eigenvalue weighted by atomic mass is 9.79. The Balaban J connectivity index is 1.88. The minimum atomic E-state index is -0.992. The number of rotatable bonds is 1. The number of carboxylic acid groups (broad SMARTS) is 1. The van der Waals surface area contributed by atoms with E-state index in [1.807, 2.05) is 12.1 Å². The van der Waals surface area contributed by atoms with E-state index in [-0.39, 0.29) is 11.0 Å². The molecule has 0 fully saturated rings. The fourth-order valence-electron chi connectivity index (χ4n) is 2.54. The fourth-order valence-corrected chi connectivity index (χ4v) is 2.54. The fraction of sp³-hybridized carbons (Fsp3) is 0.263. The molecule has 1 aliphatic heterocycles. The standard InChI is InChI=1S/C19H17NO3/c1-19(2)9-10-23-17-8-4-13(11-16(17)19)3-6-15-7-5-14(12-20-15)18(21)22/h4-5,7-8,11-12H,9-10H2,1-2H3,(H,21,22). The summed E-state index contributed by atoms with van der Waals surface area (Å²) in [7, 11) is 0. The first-order chi connectivity index (χ1) is 11.0. The molecule has 0 aliphatic carbocycles. The Morgan fingerprint density at radius 2 is 2.09 bits per heavy atom. The second-order valence-corrected chi connectivity index (χ2v) is 6.18. The highest BCUT2D eigenvalue weighted by Crippen LogP contribution is 2.38. The zero-order chi connectivity index (χ0) is 16.4. The van der Waals surface area contributed by atoms with Gasteiger partial charge in [-0.15, -0.1) is 0 Å². The van der Waals surface area contributed by atoms with Gasteiger partial charge in [-0.25, -0.2) is 9.78 Å². The summed E-state index contributed by atoms with van der Waals surface area (Å²) in [4.78, 5) is 14.9. The normalized spacial score (nSPS) is 14.9. The first-order valence-electron chi connectivity index (χ1n) is 7.44. The summed E-state index contributed by atoms with van der Waals surface area (Å²) in [6, 6.07) is 9.07. The molecule has 0 amide bonds. The first-order valence-corrected chi connectivity index (χ1v) is 7.44. The van der Waals surface area contributed by atoms with E-state index in [0.717, 1.165) is 24.3 Å². The van der Waals surface area contributed by atoms with Gasteiger partial charge in [0, 0.05) is 17.3 Å². The Morgan fingerprint density at radius 1 is 1.26 bits per heavy atom. The molecule has 116 valence electrons. The largest absolute Gasteiger partial charge is 0.493 e. The second kappa shape index (κ2) is 5.77. The van der Waals surface area contributed by atoms with E-state index < -0.39 is 5.97 Å². The van der Waals surface area contributed by atoms with Gasteiger partial charge in [-0.3, -0.25) is 0 Å². The molecule has 4 nitrogen and oxygen atoms in total. The summed E-state index contributed by atoms with van der Waals surface area (Å²) >= 11 is 0. The number of carboxylic acids is 1. The lowest BCUT2D eigenvalue weighted by Crippen LogP contribution is -2.26. The van der Waals surface area contributed by atoms with E-state index in [4.69, 9.17) is 9.84 Å². The summed E-state index contributed by atoms with van der Waals surface area (Å²) in [6.45, 7) is 5.15. The van der Waals surface area contributed by atoms with Gasteiger partial charge in [0.25, 0.3) is 0 Å². The van der Waals surface area contributed by atoms with Crippen LogP contribution in [0, 0.1) is 11.8 Å². The van der Waals surface area contributed by atoms with Crippen LogP contribution in [0.3, 0.4) is 0 Å². The molecule has 0 saturated heterocycles. The van der Waals surface area contributed by atoms with Crippen molar-refractivity contribution < 1.29 is 14.6 Å². The predicted octanol–water partition coefficient (Wildman–Crippen LogP) is 3.24. The molecule has 3 rings (SSSR count). The monoisotopic (exact) mass is 307 g/mol. The Hall–Kier alpha value is -2.80. The highest BCUT2D eigenvalue weighted by Gasteiger charge is 2.28. The maximum absolute atomic E-state index is 10.8. The number of benzene rings is 1. The number of hydrogen-bond acceptors (Lipinski definition) is 3. The van der Waals surface area contributed by atoms with Crippen molar-refractivity contribution in [2.24, 2.45) is 0 Å². The van der Waals surface area contributed by atoms with Crippen LogP contribution in [0.2, 0.25) is 0 Å². The molecule has 1 aromatic carbocycles. The Labute approximate surface area is 135 Å². The number of carbonyl (C=O) groups is 1. The molecule has 2 aromatic rings. The van der Waals surface area contributed by atoms with E-state index in [9.17, 15) is 4.79 Å². The van der Waals surface area contributed by atoms with E-state index in [1.54, 1.807) is 6.07 Å². The minimum Gasteiger partial charge on any atom is -0.493 e. The molecular weight excluding hydrogens is 290 g/mol. The van der Waals surface area contributed by atoms with Gasteiger partial charge in [0.2, 0.25) is 0 Å². The third kappa shape index (κ3) is 3.19. The topological polar surface area (TPSA) is 59.4 Å². The van der Waals surface area contributed by atoms with Gasteiger partial charge in [0.05, 0.1) is 12.2 Å². The second-order valence-electron chi connectivity index (χ2n) is 6.18. The zero-order valence-corrected chi connectivity index (χ0v) is 13.1. The van der Waals surface area contributed by atoms with Crippen LogP contribution in [0.1, 0.15) is 47.4 Å². The number of fused-ring (bicyclic) bond motifs is 1. The van der Waals surface area contributed by atoms with Gasteiger partial charge in [-0.05, 0) is 48.1 Å². The summed E-state index contributed by atoms with van der Waals surface area (Å²) in [5.41, 5.74) is 2.84. The Kier molecular flexibility index (Phi) is 3.79. The van der Waals surface area contributed by atoms with Crippen LogP contribution >= 0.6 is 0 Å². The molecule has 0 saturated carbocycles. The molecular formula is C19H17NO3. The Morgan fingerprint density at radius 3 is 2.78 bits per heavy atom. The van der Waals surface area contributed by atoms with Crippen LogP contribution in [-0.2, 0) is 5.41 Å². The van der Waals surface area contributed by atoms with Crippen molar-refractivity contribution in [2.45, 2.75) is 25.7 Å². The average molecular weight is 307 g/mol. The van der Waals surface area contributed by atoms with Crippen molar-refractivity contribution in [1.82, 2.24) is 4.98 Å². The van der Waals surface area contributed by atoms with E-state index in [1.165, 1.54) is 17.8 Å². The zero-order valence-electron chi connectivity index (χ0n) is 13.1. The van der Waals surface area contributed by atoms with Crippen LogP contribution < -0.4 is 4.74 Å². The van der Waals surface area contributed by atoms with Gasteiger partial charge < -0.3 is 9.84 Å². The number of nitrogens with zero attached hydrogens (tertiary/aromatic N) is 1. The van der Waals surface area contributed by atoms with Crippen LogP contribution in [0.5, 0.6) is 5.75 Å². The van der Waals surface area contributed by atoms with Crippen LogP contribution in [0.25, 0.3) is 0 Å². The van der Waals surface area contributed by atoms with Crippen molar-refractivity contribution in [1.29, 1.82) is 0 Å². The van der Waals surface area contributed by atoms with Crippen LogP contribution in [0.4, 0.5) is 0 Å². The number of aromatic nitrogens is 1. The molecule has 0 unspecified atom stereocenters. The van der Waals surface area contributed by atoms with E-state index in [2.05, 4.69) is 36.7 Å². The molecule has 0 bridgehead atoms. The molecule has 0 spiro atoms. The smallest absolute Gasteiger partial charge is 0.337 e. The first kappa shape index (κ1) is 15.1. The Bertz CT molecular complexity index is 811. The molecule has 2 heterocycles. The van der Waals surface area contributed by atoms with Crippen molar-refractivity contribution in [3.8, 4) is 17.6 Å². The van der Waals surface area contributed by atoms with Gasteiger partial charge in [0.15, 0.2) is 0 Å². The number of aromatic carboxylic acids is 1. The quantitative estimate of drug-likeness (QED) is 0.822. The van der Waals surface area contributed by atoms with Crippen LogP contribution in [-0.4, -0.2) is 22.7 Å². The molecule has 0 radical (unpaired) electrons. The van der Waals surface area contributed by atoms with Crippen molar-refractivity contribution in [3.05, 3.63) is 58.9 Å². The average Bonchev–Trinajstić information content (AvgIpc) is 2.53. The molecule has 1 aromatic heterocycles. The highest BCUT2D eigenvalue weighted by molar-refractivity contribution is 5.87. The summed E-state index contributed by atoms with van der Waals surface area (Å²) in [6.07, 6.45) is 2.30. The molecule has 1 N–H and O–H groups in total. The number of pyridine rings is 1. The third-order valence-corrected chi connectivity index (χ3v) is 4.04. The maximum atomic E-state index is 10.8. The molecule has 1 aliphatic rings. The van der Waals surface area contributed by atoms with Gasteiger partial charge >= 0.3 is 5.97 Å². The molecule has 23 heavy (non-hydrogen) atoms. The highest BCUT2D eigenvalue weighted by atomic mass is 16.5. The maximum Gasteiger partial charge on any atom is 0.337 e. The minimum absolute atomic E-state index is 0.0761. The predicted molar refractivity (Wildman–Crippen MR) is 86.8 cm³/mol. The van der Waals surface area contributed by atoms with E-state index >= 15 is 0 Å². The summed E-state index contributed by atoms with van der Waals surface area (Å²) in [5, 5.41) is 8.86. The van der Waals surface area contributed by atoms with E-state index in [0.29, 0.717) is 5.69 Å². The summed E-state index contributed by atoms with van der Waals surface area (Å²) in [5.74, 6) is 5.98. The number of hydrogen-bond donors (Lipinski definition) is 1. The SMILES string of the molecule is CC1(C)CCOc2ccc(C#Cc3ccc(C(=O)O)cn3)cc21. The van der Waals surface area contributed by atoms with Gasteiger partial charge in [0.1, 0.15) is 11.4 Å². The molecule has 4 heteroatoms. The van der Waals surface area contributed by atoms with Crippen molar-refractivity contribution in [3.63, 3.8) is 0 Å². The van der Waals surface area contributed by atoms with Gasteiger partial charge in [-0.2, -0.15) is 0 Å². The third-order valence-electron chi connectivity index (χ3n) is 4.04. The van der Waals surface area contributed by atoms with Gasteiger partial charge in [-0.1, -0.05) is 19.8 Å². The van der Waals surface area contributed by atoms with Crippen LogP contribution in [0.15, 0.2) is 36.5 Å². The lowest BCUT2D eigenvalue weighted by molar-refractivity contribution is 0.0696. The summed E-state index contributed by atoms with van der Waals surface area (Å²) < 4.78 is 5.70. The lowest BCUT2D eigenvalue weighted by Gasteiger charge is -2.32. The molecule has 0 atom stereocenters.